The Morgan fingerprint density at radius 2 is 2.28 bits per heavy atom. The van der Waals surface area contributed by atoms with Gasteiger partial charge in [0.15, 0.2) is 0 Å². The quantitative estimate of drug-likeness (QED) is 0.595. The van der Waals surface area contributed by atoms with E-state index in [0.29, 0.717) is 25.3 Å². The monoisotopic (exact) mass is 271 g/mol. The van der Waals surface area contributed by atoms with Gasteiger partial charge in [-0.2, -0.15) is 0 Å². The van der Waals surface area contributed by atoms with Crippen molar-refractivity contribution in [2.75, 3.05) is 40.4 Å². The molecule has 0 aliphatic carbocycles. The third-order valence-corrected chi connectivity index (χ3v) is 2.52. The van der Waals surface area contributed by atoms with Crippen LogP contribution in [-0.2, 0) is 4.74 Å². The van der Waals surface area contributed by atoms with E-state index in [1.54, 1.807) is 18.3 Å². The number of hydrogen-bond acceptors (Lipinski definition) is 4. The van der Waals surface area contributed by atoms with Crippen molar-refractivity contribution in [1.82, 2.24) is 15.2 Å². The Kier molecular flexibility index (Phi) is 6.64. The van der Waals surface area contributed by atoms with Crippen LogP contribution in [0, 0.1) is 0 Å². The maximum atomic E-state index is 11.7. The molecular formula is C12H18ClN3O2. The highest BCUT2D eigenvalue weighted by molar-refractivity contribution is 6.32. The number of nitrogens with one attached hydrogen (secondary N) is 1. The highest BCUT2D eigenvalue weighted by Crippen LogP contribution is 2.10. The predicted molar refractivity (Wildman–Crippen MR) is 71.0 cm³/mol. The lowest BCUT2D eigenvalue weighted by Gasteiger charge is -2.10. The van der Waals surface area contributed by atoms with Gasteiger partial charge < -0.3 is 15.0 Å². The largest absolute Gasteiger partial charge is 0.378 e. The van der Waals surface area contributed by atoms with Crippen LogP contribution in [0.3, 0.4) is 0 Å². The molecule has 0 aliphatic heterocycles. The Morgan fingerprint density at radius 1 is 1.50 bits per heavy atom. The summed E-state index contributed by atoms with van der Waals surface area (Å²) in [6, 6.07) is 3.31. The molecule has 1 aromatic heterocycles. The molecule has 1 aromatic rings. The van der Waals surface area contributed by atoms with E-state index in [4.69, 9.17) is 16.3 Å². The van der Waals surface area contributed by atoms with Gasteiger partial charge in [0.2, 0.25) is 0 Å². The van der Waals surface area contributed by atoms with Gasteiger partial charge in [0.05, 0.1) is 18.8 Å². The van der Waals surface area contributed by atoms with Crippen molar-refractivity contribution >= 4 is 17.5 Å². The van der Waals surface area contributed by atoms with Crippen molar-refractivity contribution in [3.63, 3.8) is 0 Å². The highest BCUT2D eigenvalue weighted by atomic mass is 35.5. The Labute approximate surface area is 112 Å². The zero-order chi connectivity index (χ0) is 13.4. The third kappa shape index (κ3) is 5.44. The number of likely N-dealkylation sites (N-methyl/N-ethyl adjacent to an activating group) is 1. The van der Waals surface area contributed by atoms with Crippen molar-refractivity contribution in [1.29, 1.82) is 0 Å². The summed E-state index contributed by atoms with van der Waals surface area (Å²) in [5.74, 6) is -0.232. The van der Waals surface area contributed by atoms with Gasteiger partial charge in [0.25, 0.3) is 5.91 Å². The first kappa shape index (κ1) is 14.9. The van der Waals surface area contributed by atoms with Gasteiger partial charge in [-0.15, -0.1) is 0 Å². The number of rotatable bonds is 7. The van der Waals surface area contributed by atoms with E-state index in [2.05, 4.69) is 10.3 Å². The lowest BCUT2D eigenvalue weighted by atomic mass is 10.3. The van der Waals surface area contributed by atoms with Crippen molar-refractivity contribution in [2.45, 2.75) is 0 Å². The van der Waals surface area contributed by atoms with E-state index < -0.39 is 0 Å². The van der Waals surface area contributed by atoms with Crippen LogP contribution in [0.15, 0.2) is 18.3 Å². The van der Waals surface area contributed by atoms with Gasteiger partial charge in [0, 0.05) is 19.3 Å². The smallest absolute Gasteiger partial charge is 0.254 e. The molecule has 0 aliphatic rings. The van der Waals surface area contributed by atoms with E-state index in [-0.39, 0.29) is 11.1 Å². The number of carbonyl (C=O) groups is 1. The normalized spacial score (nSPS) is 10.7. The van der Waals surface area contributed by atoms with Gasteiger partial charge in [-0.25, -0.2) is 4.98 Å². The molecule has 0 spiro atoms. The second kappa shape index (κ2) is 8.02. The molecule has 0 saturated heterocycles. The molecule has 1 heterocycles. The first-order chi connectivity index (χ1) is 8.61. The fraction of sp³-hybridized carbons (Fsp3) is 0.500. The summed E-state index contributed by atoms with van der Waals surface area (Å²) in [6.07, 6.45) is 1.55. The van der Waals surface area contributed by atoms with Crippen LogP contribution in [0.25, 0.3) is 0 Å². The van der Waals surface area contributed by atoms with Crippen LogP contribution >= 0.6 is 11.6 Å². The van der Waals surface area contributed by atoms with E-state index in [9.17, 15) is 4.79 Å². The molecule has 0 fully saturated rings. The lowest BCUT2D eigenvalue weighted by molar-refractivity contribution is 0.0900. The number of halogens is 1. The molecule has 18 heavy (non-hydrogen) atoms. The fourth-order valence-electron chi connectivity index (χ4n) is 1.24. The molecule has 0 bridgehead atoms. The summed E-state index contributed by atoms with van der Waals surface area (Å²) in [5.41, 5.74) is 0.382. The van der Waals surface area contributed by atoms with Crippen LogP contribution in [0.1, 0.15) is 10.4 Å². The van der Waals surface area contributed by atoms with E-state index >= 15 is 0 Å². The number of ether oxygens (including phenoxy) is 1. The molecule has 100 valence electrons. The third-order valence-electron chi connectivity index (χ3n) is 2.22. The Bertz CT molecular complexity index is 385. The number of hydrogen-bond donors (Lipinski definition) is 1. The Morgan fingerprint density at radius 3 is 2.94 bits per heavy atom. The highest BCUT2D eigenvalue weighted by Gasteiger charge is 2.09. The van der Waals surface area contributed by atoms with Crippen LogP contribution in [0.2, 0.25) is 5.15 Å². The number of aromatic nitrogens is 1. The zero-order valence-corrected chi connectivity index (χ0v) is 11.4. The molecule has 1 rings (SSSR count). The topological polar surface area (TPSA) is 54.5 Å². The van der Waals surface area contributed by atoms with E-state index in [1.807, 2.05) is 19.0 Å². The second-order valence-electron chi connectivity index (χ2n) is 4.01. The second-order valence-corrected chi connectivity index (χ2v) is 4.37. The van der Waals surface area contributed by atoms with E-state index in [1.165, 1.54) is 0 Å². The molecule has 6 heteroatoms. The first-order valence-electron chi connectivity index (χ1n) is 5.72. The zero-order valence-electron chi connectivity index (χ0n) is 10.6. The summed E-state index contributed by atoms with van der Waals surface area (Å²) in [6.45, 7) is 2.45. The molecule has 0 atom stereocenters. The minimum absolute atomic E-state index is 0.212. The molecule has 0 aromatic carbocycles. The minimum Gasteiger partial charge on any atom is -0.378 e. The van der Waals surface area contributed by atoms with Crippen LogP contribution in [0.4, 0.5) is 0 Å². The molecular weight excluding hydrogens is 254 g/mol. The number of pyridine rings is 1. The maximum absolute atomic E-state index is 11.7. The Balaban J connectivity index is 2.20. The van der Waals surface area contributed by atoms with Gasteiger partial charge in [-0.05, 0) is 26.2 Å². The van der Waals surface area contributed by atoms with Gasteiger partial charge in [0.1, 0.15) is 5.15 Å². The summed E-state index contributed by atoms with van der Waals surface area (Å²) in [4.78, 5) is 17.6. The summed E-state index contributed by atoms with van der Waals surface area (Å²) in [5, 5.41) is 2.94. The van der Waals surface area contributed by atoms with Crippen molar-refractivity contribution in [3.8, 4) is 0 Å². The van der Waals surface area contributed by atoms with Crippen LogP contribution in [-0.4, -0.2) is 56.2 Å². The SMILES string of the molecule is CN(C)CCOCCNC(=O)c1cccnc1Cl. The lowest BCUT2D eigenvalue weighted by Crippen LogP contribution is -2.28. The Hall–Kier alpha value is -1.17. The molecule has 0 unspecified atom stereocenters. The molecule has 1 amide bonds. The van der Waals surface area contributed by atoms with Gasteiger partial charge in [-0.3, -0.25) is 4.79 Å². The maximum Gasteiger partial charge on any atom is 0.254 e. The van der Waals surface area contributed by atoms with Gasteiger partial charge >= 0.3 is 0 Å². The van der Waals surface area contributed by atoms with Crippen LogP contribution < -0.4 is 5.32 Å². The standard InChI is InChI=1S/C12H18ClN3O2/c1-16(2)7-9-18-8-6-15-12(17)10-4-3-5-14-11(10)13/h3-5H,6-9H2,1-2H3,(H,15,17). The number of amides is 1. The summed E-state index contributed by atoms with van der Waals surface area (Å²) < 4.78 is 5.36. The first-order valence-corrected chi connectivity index (χ1v) is 6.10. The number of carbonyl (C=O) groups excluding carboxylic acids is 1. The average Bonchev–Trinajstić information content (AvgIpc) is 2.33. The molecule has 5 nitrogen and oxygen atoms in total. The fourth-order valence-corrected chi connectivity index (χ4v) is 1.44. The van der Waals surface area contributed by atoms with Gasteiger partial charge in [-0.1, -0.05) is 11.6 Å². The molecule has 0 saturated carbocycles. The van der Waals surface area contributed by atoms with E-state index in [0.717, 1.165) is 6.54 Å². The number of nitrogens with zero attached hydrogens (tertiary/aromatic N) is 2. The summed E-state index contributed by atoms with van der Waals surface area (Å²) in [7, 11) is 3.96. The summed E-state index contributed by atoms with van der Waals surface area (Å²) >= 11 is 5.81. The predicted octanol–water partition coefficient (Wildman–Crippen LogP) is 1.04. The molecule has 0 radical (unpaired) electrons. The average molecular weight is 272 g/mol. The van der Waals surface area contributed by atoms with Crippen LogP contribution in [0.5, 0.6) is 0 Å². The van der Waals surface area contributed by atoms with Crippen molar-refractivity contribution in [3.05, 3.63) is 29.0 Å². The molecule has 1 N–H and O–H groups in total. The van der Waals surface area contributed by atoms with Crippen molar-refractivity contribution < 1.29 is 9.53 Å². The minimum atomic E-state index is -0.232. The van der Waals surface area contributed by atoms with Crippen molar-refractivity contribution in [2.24, 2.45) is 0 Å².